The van der Waals surface area contributed by atoms with E-state index in [1.807, 2.05) is 18.7 Å². The van der Waals surface area contributed by atoms with Crippen molar-refractivity contribution in [3.63, 3.8) is 0 Å². The van der Waals surface area contributed by atoms with Gasteiger partial charge in [-0.2, -0.15) is 4.98 Å². The summed E-state index contributed by atoms with van der Waals surface area (Å²) in [6.07, 6.45) is -1.62. The van der Waals surface area contributed by atoms with Gasteiger partial charge in [0.1, 0.15) is 18.3 Å². The molecular weight excluding hydrogens is 304 g/mol. The van der Waals surface area contributed by atoms with Gasteiger partial charge in [0.05, 0.1) is 12.9 Å². The van der Waals surface area contributed by atoms with Crippen LogP contribution in [0, 0.1) is 0 Å². The molecule has 0 aliphatic carbocycles. The second-order valence-corrected chi connectivity index (χ2v) is 5.17. The van der Waals surface area contributed by atoms with E-state index in [1.165, 1.54) is 12.3 Å². The smallest absolute Gasteiger partial charge is 0.351 e. The average molecular weight is 326 g/mol. The fraction of sp³-hybridized carbons (Fsp3) is 0.643. The zero-order valence-corrected chi connectivity index (χ0v) is 13.1. The maximum atomic E-state index is 12.1. The molecule has 23 heavy (non-hydrogen) atoms. The van der Waals surface area contributed by atoms with Crippen LogP contribution in [0.15, 0.2) is 22.1 Å². The molecule has 4 atom stereocenters. The maximum absolute atomic E-state index is 12.1. The highest BCUT2D eigenvalue weighted by molar-refractivity contribution is 5.59. The molecule has 1 fully saturated rings. The second kappa shape index (κ2) is 7.64. The molecule has 0 amide bonds. The van der Waals surface area contributed by atoms with Crippen LogP contribution >= 0.6 is 0 Å². The molecule has 1 saturated heterocycles. The predicted octanol–water partition coefficient (Wildman–Crippen LogP) is -1.14. The SMILES string of the molecule is CCN(C=Nc1ccn(C2OC(CO)C(O)C2O)c(=O)n1)CC. The molecule has 0 bridgehead atoms. The van der Waals surface area contributed by atoms with Crippen LogP contribution in [0.25, 0.3) is 0 Å². The van der Waals surface area contributed by atoms with E-state index in [1.54, 1.807) is 6.34 Å². The fourth-order valence-corrected chi connectivity index (χ4v) is 2.31. The van der Waals surface area contributed by atoms with Crippen molar-refractivity contribution < 1.29 is 20.1 Å². The Morgan fingerprint density at radius 1 is 1.39 bits per heavy atom. The topological polar surface area (TPSA) is 120 Å². The number of aromatic nitrogens is 2. The van der Waals surface area contributed by atoms with E-state index in [0.29, 0.717) is 0 Å². The van der Waals surface area contributed by atoms with E-state index in [9.17, 15) is 15.0 Å². The molecule has 1 aromatic rings. The van der Waals surface area contributed by atoms with Gasteiger partial charge in [0.15, 0.2) is 12.0 Å². The minimum atomic E-state index is -1.32. The van der Waals surface area contributed by atoms with Crippen LogP contribution < -0.4 is 5.69 Å². The summed E-state index contributed by atoms with van der Waals surface area (Å²) in [6, 6.07) is 1.51. The number of aliphatic hydroxyl groups excluding tert-OH is 3. The molecule has 4 unspecified atom stereocenters. The normalized spacial score (nSPS) is 27.7. The van der Waals surface area contributed by atoms with E-state index < -0.39 is 36.8 Å². The monoisotopic (exact) mass is 326 g/mol. The lowest BCUT2D eigenvalue weighted by molar-refractivity contribution is -0.0549. The molecule has 0 radical (unpaired) electrons. The summed E-state index contributed by atoms with van der Waals surface area (Å²) in [4.78, 5) is 22.0. The second-order valence-electron chi connectivity index (χ2n) is 5.17. The number of rotatable bonds is 6. The highest BCUT2D eigenvalue weighted by Crippen LogP contribution is 2.28. The Bertz CT molecular complexity index is 601. The molecule has 2 rings (SSSR count). The Morgan fingerprint density at radius 2 is 2.09 bits per heavy atom. The van der Waals surface area contributed by atoms with Gasteiger partial charge in [-0.05, 0) is 19.9 Å². The first kappa shape index (κ1) is 17.5. The molecule has 0 saturated carbocycles. The molecule has 1 aliphatic rings. The van der Waals surface area contributed by atoms with E-state index in [4.69, 9.17) is 9.84 Å². The van der Waals surface area contributed by atoms with Crippen molar-refractivity contribution in [2.75, 3.05) is 19.7 Å². The summed E-state index contributed by atoms with van der Waals surface area (Å²) in [5, 5.41) is 28.7. The van der Waals surface area contributed by atoms with Crippen molar-refractivity contribution in [1.82, 2.24) is 14.5 Å². The van der Waals surface area contributed by atoms with Crippen LogP contribution in [0.3, 0.4) is 0 Å². The van der Waals surface area contributed by atoms with Crippen LogP contribution in [0.2, 0.25) is 0 Å². The van der Waals surface area contributed by atoms with Crippen LogP contribution in [0.4, 0.5) is 5.82 Å². The molecule has 9 heteroatoms. The predicted molar refractivity (Wildman–Crippen MR) is 82.6 cm³/mol. The Hall–Kier alpha value is -1.81. The van der Waals surface area contributed by atoms with Gasteiger partial charge >= 0.3 is 5.69 Å². The minimum Gasteiger partial charge on any atom is -0.394 e. The zero-order chi connectivity index (χ0) is 17.0. The highest BCUT2D eigenvalue weighted by Gasteiger charge is 2.43. The summed E-state index contributed by atoms with van der Waals surface area (Å²) in [5.41, 5.74) is -0.658. The van der Waals surface area contributed by atoms with Gasteiger partial charge < -0.3 is 25.0 Å². The van der Waals surface area contributed by atoms with Gasteiger partial charge in [-0.25, -0.2) is 9.79 Å². The van der Waals surface area contributed by atoms with Gasteiger partial charge in [-0.1, -0.05) is 0 Å². The third kappa shape index (κ3) is 3.75. The summed E-state index contributed by atoms with van der Waals surface area (Å²) in [5.74, 6) is 0.241. The van der Waals surface area contributed by atoms with E-state index in [2.05, 4.69) is 9.98 Å². The first-order valence-corrected chi connectivity index (χ1v) is 7.51. The molecule has 0 aromatic carbocycles. The molecular formula is C14H22N4O5. The van der Waals surface area contributed by atoms with Crippen molar-refractivity contribution in [3.05, 3.63) is 22.7 Å². The first-order valence-electron chi connectivity index (χ1n) is 7.51. The molecule has 3 N–H and O–H groups in total. The first-order chi connectivity index (χ1) is 11.0. The lowest BCUT2D eigenvalue weighted by Gasteiger charge is -2.17. The zero-order valence-electron chi connectivity index (χ0n) is 13.1. The number of nitrogens with zero attached hydrogens (tertiary/aromatic N) is 4. The minimum absolute atomic E-state index is 0.241. The number of aliphatic imine (C=N–C) groups is 1. The van der Waals surface area contributed by atoms with Crippen molar-refractivity contribution in [1.29, 1.82) is 0 Å². The van der Waals surface area contributed by atoms with Gasteiger partial charge in [-0.15, -0.1) is 0 Å². The Kier molecular flexibility index (Phi) is 5.83. The molecule has 2 heterocycles. The fourth-order valence-electron chi connectivity index (χ4n) is 2.31. The number of aliphatic hydroxyl groups is 3. The molecule has 9 nitrogen and oxygen atoms in total. The van der Waals surface area contributed by atoms with Gasteiger partial charge in [0, 0.05) is 19.3 Å². The molecule has 1 aliphatic heterocycles. The van der Waals surface area contributed by atoms with E-state index in [-0.39, 0.29) is 5.82 Å². The standard InChI is InChI=1S/C14H22N4O5/c1-3-17(4-2)8-15-10-5-6-18(14(22)16-10)13-12(21)11(20)9(7-19)23-13/h5-6,8-9,11-13,19-21H,3-4,7H2,1-2H3. The van der Waals surface area contributed by atoms with E-state index >= 15 is 0 Å². The van der Waals surface area contributed by atoms with Crippen LogP contribution in [0.1, 0.15) is 20.1 Å². The lowest BCUT2D eigenvalue weighted by Crippen LogP contribution is -2.35. The van der Waals surface area contributed by atoms with Crippen molar-refractivity contribution in [2.45, 2.75) is 38.4 Å². The molecule has 0 spiro atoms. The lowest BCUT2D eigenvalue weighted by atomic mass is 10.1. The number of ether oxygens (including phenoxy) is 1. The quantitative estimate of drug-likeness (QED) is 0.446. The van der Waals surface area contributed by atoms with E-state index in [0.717, 1.165) is 17.7 Å². The average Bonchev–Trinajstić information content (AvgIpc) is 2.84. The molecule has 1 aromatic heterocycles. The maximum Gasteiger partial charge on any atom is 0.351 e. The Balaban J connectivity index is 2.19. The number of hydrogen-bond acceptors (Lipinski definition) is 7. The number of hydrogen-bond donors (Lipinski definition) is 3. The highest BCUT2D eigenvalue weighted by atomic mass is 16.6. The third-order valence-electron chi connectivity index (χ3n) is 3.77. The van der Waals surface area contributed by atoms with Crippen molar-refractivity contribution in [3.8, 4) is 0 Å². The summed E-state index contributed by atoms with van der Waals surface area (Å²) in [7, 11) is 0. The van der Waals surface area contributed by atoms with Crippen molar-refractivity contribution >= 4 is 12.2 Å². The summed E-state index contributed by atoms with van der Waals surface area (Å²) >= 11 is 0. The third-order valence-corrected chi connectivity index (χ3v) is 3.77. The van der Waals surface area contributed by atoms with Gasteiger partial charge in [-0.3, -0.25) is 4.57 Å². The Morgan fingerprint density at radius 3 is 2.61 bits per heavy atom. The van der Waals surface area contributed by atoms with Gasteiger partial charge in [0.2, 0.25) is 0 Å². The molecule has 128 valence electrons. The summed E-state index contributed by atoms with van der Waals surface area (Å²) in [6.45, 7) is 5.10. The van der Waals surface area contributed by atoms with Crippen molar-refractivity contribution in [2.24, 2.45) is 4.99 Å². The largest absolute Gasteiger partial charge is 0.394 e. The Labute approximate surface area is 133 Å². The van der Waals surface area contributed by atoms with Crippen LogP contribution in [-0.4, -0.2) is 74.1 Å². The summed E-state index contributed by atoms with van der Waals surface area (Å²) < 4.78 is 6.37. The van der Waals surface area contributed by atoms with Crippen LogP contribution in [0.5, 0.6) is 0 Å². The van der Waals surface area contributed by atoms with Gasteiger partial charge in [0.25, 0.3) is 0 Å². The van der Waals surface area contributed by atoms with Crippen LogP contribution in [-0.2, 0) is 4.74 Å².